The monoisotopic (exact) mass is 226 g/mol. The van der Waals surface area contributed by atoms with Gasteiger partial charge in [0.15, 0.2) is 0 Å². The number of hydrogen-bond donors (Lipinski definition) is 1. The molecule has 0 aliphatic rings. The standard InChI is InChI=1S/C8H6O5.2Na/c9-6-2-1-4(7(10)11)3-5(6)8(12)13;;/h1-3,9H,(H,10,11)(H,12,13);;/q;2*+1/p-2. The summed E-state index contributed by atoms with van der Waals surface area (Å²) in [5.41, 5.74) is -0.890. The normalized spacial score (nSPS) is 8.27. The number of phenols is 1. The van der Waals surface area contributed by atoms with E-state index in [9.17, 15) is 19.8 Å². The van der Waals surface area contributed by atoms with E-state index in [-0.39, 0.29) is 64.7 Å². The van der Waals surface area contributed by atoms with Gasteiger partial charge < -0.3 is 24.9 Å². The molecule has 0 saturated heterocycles. The third-order valence-corrected chi connectivity index (χ3v) is 1.45. The Kier molecular flexibility index (Phi) is 8.41. The number of aromatic carboxylic acids is 2. The third-order valence-electron chi connectivity index (χ3n) is 1.45. The molecule has 1 aromatic carbocycles. The fourth-order valence-corrected chi connectivity index (χ4v) is 0.827. The molecule has 0 bridgehead atoms. The molecule has 0 amide bonds. The van der Waals surface area contributed by atoms with Crippen molar-refractivity contribution < 1.29 is 84.0 Å². The number of carbonyl (C=O) groups excluding carboxylic acids is 2. The van der Waals surface area contributed by atoms with Gasteiger partial charge >= 0.3 is 59.1 Å². The molecule has 1 rings (SSSR count). The molecule has 0 fully saturated rings. The van der Waals surface area contributed by atoms with E-state index in [1.807, 2.05) is 0 Å². The van der Waals surface area contributed by atoms with Gasteiger partial charge in [0.25, 0.3) is 0 Å². The van der Waals surface area contributed by atoms with Crippen LogP contribution in [-0.4, -0.2) is 17.0 Å². The molecule has 68 valence electrons. The molecule has 0 saturated carbocycles. The van der Waals surface area contributed by atoms with E-state index in [1.54, 1.807) is 0 Å². The van der Waals surface area contributed by atoms with Crippen molar-refractivity contribution in [2.75, 3.05) is 0 Å². The number of hydrogen-bond acceptors (Lipinski definition) is 5. The van der Waals surface area contributed by atoms with Gasteiger partial charge in [0.05, 0.1) is 11.9 Å². The van der Waals surface area contributed by atoms with Gasteiger partial charge in [-0.15, -0.1) is 0 Å². The molecule has 0 radical (unpaired) electrons. The van der Waals surface area contributed by atoms with Crippen LogP contribution in [0.25, 0.3) is 0 Å². The zero-order chi connectivity index (χ0) is 10.0. The van der Waals surface area contributed by atoms with Gasteiger partial charge in [-0.1, -0.05) is 0 Å². The van der Waals surface area contributed by atoms with Crippen LogP contribution >= 0.6 is 0 Å². The van der Waals surface area contributed by atoms with Crippen molar-refractivity contribution in [1.29, 1.82) is 0 Å². The van der Waals surface area contributed by atoms with E-state index in [1.165, 1.54) is 0 Å². The number of aromatic hydroxyl groups is 1. The van der Waals surface area contributed by atoms with Crippen LogP contribution in [0.3, 0.4) is 0 Å². The number of carbonyl (C=O) groups is 2. The summed E-state index contributed by atoms with van der Waals surface area (Å²) in [5.74, 6) is -3.69. The summed E-state index contributed by atoms with van der Waals surface area (Å²) in [6.07, 6.45) is 0. The van der Waals surface area contributed by atoms with Gasteiger partial charge in [0.2, 0.25) is 0 Å². The average molecular weight is 226 g/mol. The zero-order valence-electron chi connectivity index (χ0n) is 8.31. The Bertz CT molecular complexity index is 377. The summed E-state index contributed by atoms with van der Waals surface area (Å²) >= 11 is 0. The second-order valence-electron chi connectivity index (χ2n) is 2.31. The molecule has 0 heterocycles. The van der Waals surface area contributed by atoms with E-state index < -0.39 is 23.3 Å². The quantitative estimate of drug-likeness (QED) is 0.505. The fourth-order valence-electron chi connectivity index (χ4n) is 0.827. The second kappa shape index (κ2) is 7.27. The first kappa shape index (κ1) is 17.4. The van der Waals surface area contributed by atoms with Crippen molar-refractivity contribution in [3.05, 3.63) is 29.3 Å². The maximum absolute atomic E-state index is 10.3. The largest absolute Gasteiger partial charge is 1.00 e. The molecule has 1 aromatic rings. The molecular weight excluding hydrogens is 222 g/mol. The molecule has 0 aromatic heterocycles. The number of carboxylic acid groups (broad SMARTS) is 2. The molecule has 1 N–H and O–H groups in total. The first-order valence-corrected chi connectivity index (χ1v) is 3.28. The zero-order valence-corrected chi connectivity index (χ0v) is 12.3. The van der Waals surface area contributed by atoms with Gasteiger partial charge in [-0.25, -0.2) is 0 Å². The van der Waals surface area contributed by atoms with Crippen LogP contribution in [0.1, 0.15) is 20.7 Å². The Labute approximate surface area is 130 Å². The van der Waals surface area contributed by atoms with Crippen LogP contribution in [-0.2, 0) is 0 Å². The minimum absolute atomic E-state index is 0. The fraction of sp³-hybridized carbons (Fsp3) is 0. The van der Waals surface area contributed by atoms with E-state index in [4.69, 9.17) is 5.11 Å². The maximum Gasteiger partial charge on any atom is 1.00 e. The molecule has 0 aliphatic carbocycles. The summed E-state index contributed by atoms with van der Waals surface area (Å²) in [7, 11) is 0. The van der Waals surface area contributed by atoms with Crippen LogP contribution in [0.15, 0.2) is 18.2 Å². The van der Waals surface area contributed by atoms with E-state index >= 15 is 0 Å². The predicted octanol–water partition coefficient (Wildman–Crippen LogP) is -7.87. The van der Waals surface area contributed by atoms with Crippen molar-refractivity contribution in [2.24, 2.45) is 0 Å². The van der Waals surface area contributed by atoms with Gasteiger partial charge in [0.1, 0.15) is 5.75 Å². The smallest absolute Gasteiger partial charge is 0.545 e. The maximum atomic E-state index is 10.3. The molecule has 0 atom stereocenters. The van der Waals surface area contributed by atoms with Gasteiger partial charge in [-0.2, -0.15) is 0 Å². The summed E-state index contributed by atoms with van der Waals surface area (Å²) in [6.45, 7) is 0. The van der Waals surface area contributed by atoms with E-state index in [0.717, 1.165) is 18.2 Å². The predicted molar refractivity (Wildman–Crippen MR) is 36.8 cm³/mol. The van der Waals surface area contributed by atoms with Gasteiger partial charge in [0, 0.05) is 5.56 Å². The molecule has 5 nitrogen and oxygen atoms in total. The molecule has 0 aliphatic heterocycles. The van der Waals surface area contributed by atoms with Gasteiger partial charge in [-0.05, 0) is 23.8 Å². The summed E-state index contributed by atoms with van der Waals surface area (Å²) in [6, 6.07) is 2.77. The Morgan fingerprint density at radius 3 is 2.00 bits per heavy atom. The second-order valence-corrected chi connectivity index (χ2v) is 2.31. The van der Waals surface area contributed by atoms with Crippen molar-refractivity contribution in [3.63, 3.8) is 0 Å². The minimum atomic E-state index is -1.64. The number of rotatable bonds is 2. The van der Waals surface area contributed by atoms with Crippen molar-refractivity contribution in [1.82, 2.24) is 0 Å². The Balaban J connectivity index is 0. The number of benzene rings is 1. The van der Waals surface area contributed by atoms with Crippen LogP contribution in [0.2, 0.25) is 0 Å². The van der Waals surface area contributed by atoms with Crippen molar-refractivity contribution >= 4 is 11.9 Å². The first-order valence-electron chi connectivity index (χ1n) is 3.28. The third kappa shape index (κ3) is 4.55. The summed E-state index contributed by atoms with van der Waals surface area (Å²) < 4.78 is 0. The summed E-state index contributed by atoms with van der Waals surface area (Å²) in [4.78, 5) is 20.6. The molecule has 7 heteroatoms. The van der Waals surface area contributed by atoms with Gasteiger partial charge in [-0.3, -0.25) is 0 Å². The SMILES string of the molecule is O=C([O-])c1ccc(O)c(C(=O)[O-])c1.[Na+].[Na+]. The average Bonchev–Trinajstić information content (AvgIpc) is 2.04. The summed E-state index contributed by atoms with van der Waals surface area (Å²) in [5, 5.41) is 29.5. The van der Waals surface area contributed by atoms with Crippen LogP contribution < -0.4 is 69.3 Å². The first-order chi connectivity index (χ1) is 6.02. The number of carboxylic acids is 2. The molecule has 0 unspecified atom stereocenters. The Morgan fingerprint density at radius 1 is 1.07 bits per heavy atom. The topological polar surface area (TPSA) is 100 Å². The molecule has 0 spiro atoms. The van der Waals surface area contributed by atoms with Crippen LogP contribution in [0.4, 0.5) is 0 Å². The van der Waals surface area contributed by atoms with Crippen LogP contribution in [0, 0.1) is 0 Å². The molecular formula is C8H4Na2O5. The molecule has 15 heavy (non-hydrogen) atoms. The van der Waals surface area contributed by atoms with E-state index in [0.29, 0.717) is 0 Å². The van der Waals surface area contributed by atoms with Crippen molar-refractivity contribution in [2.45, 2.75) is 0 Å². The van der Waals surface area contributed by atoms with E-state index in [2.05, 4.69) is 0 Å². The van der Waals surface area contributed by atoms with Crippen molar-refractivity contribution in [3.8, 4) is 5.75 Å². The Hall–Kier alpha value is -0.0400. The minimum Gasteiger partial charge on any atom is -0.545 e. The van der Waals surface area contributed by atoms with Crippen LogP contribution in [0.5, 0.6) is 5.75 Å². The Morgan fingerprint density at radius 2 is 1.60 bits per heavy atom.